The van der Waals surface area contributed by atoms with E-state index in [1.165, 1.54) is 19.3 Å². The highest BCUT2D eigenvalue weighted by Crippen LogP contribution is 2.56. The Morgan fingerprint density at radius 2 is 1.81 bits per heavy atom. The Bertz CT molecular complexity index is 1210. The summed E-state index contributed by atoms with van der Waals surface area (Å²) in [5.41, 5.74) is 4.13. The van der Waals surface area contributed by atoms with Gasteiger partial charge >= 0.3 is 0 Å². The fourth-order valence-corrected chi connectivity index (χ4v) is 6.14. The number of nitrogens with one attached hydrogen (secondary N) is 1. The van der Waals surface area contributed by atoms with Gasteiger partial charge in [-0.1, -0.05) is 25.3 Å². The third-order valence-corrected chi connectivity index (χ3v) is 8.19. The van der Waals surface area contributed by atoms with Gasteiger partial charge in [-0.15, -0.1) is 0 Å². The van der Waals surface area contributed by atoms with Crippen molar-refractivity contribution in [3.8, 4) is 22.5 Å². The van der Waals surface area contributed by atoms with Crippen molar-refractivity contribution in [2.45, 2.75) is 56.4 Å². The maximum Gasteiger partial charge on any atom is 0.240 e. The monoisotopic (exact) mass is 434 g/mol. The molecule has 31 heavy (non-hydrogen) atoms. The van der Waals surface area contributed by atoms with Gasteiger partial charge in [-0.3, -0.25) is 9.97 Å². The van der Waals surface area contributed by atoms with E-state index < -0.39 is 10.0 Å². The van der Waals surface area contributed by atoms with Gasteiger partial charge < -0.3 is 0 Å². The molecule has 0 aliphatic heterocycles. The summed E-state index contributed by atoms with van der Waals surface area (Å²) in [5.74, 6) is 0. The molecule has 0 bridgehead atoms. The Labute approximate surface area is 183 Å². The van der Waals surface area contributed by atoms with Gasteiger partial charge in [-0.05, 0) is 61.4 Å². The van der Waals surface area contributed by atoms with E-state index in [-0.39, 0.29) is 16.4 Å². The van der Waals surface area contributed by atoms with Crippen LogP contribution in [0, 0.1) is 12.3 Å². The van der Waals surface area contributed by atoms with Crippen LogP contribution in [0.25, 0.3) is 22.5 Å². The molecule has 1 spiro atoms. The van der Waals surface area contributed by atoms with Gasteiger partial charge in [0.25, 0.3) is 0 Å². The maximum atomic E-state index is 13.1. The molecular weight excluding hydrogens is 408 g/mol. The Hall–Kier alpha value is -2.64. The first-order valence-electron chi connectivity index (χ1n) is 10.8. The molecule has 2 fully saturated rings. The topological polar surface area (TPSA) is 84.8 Å². The summed E-state index contributed by atoms with van der Waals surface area (Å²) in [7, 11) is -3.59. The minimum Gasteiger partial charge on any atom is -0.264 e. The first-order chi connectivity index (χ1) is 15.0. The molecule has 1 aromatic carbocycles. The molecule has 7 heteroatoms. The number of aryl methyl sites for hydroxylation is 1. The molecule has 2 aliphatic rings. The second-order valence-electron chi connectivity index (χ2n) is 8.81. The zero-order valence-electron chi connectivity index (χ0n) is 17.6. The molecular formula is C24H26N4O2S. The fraction of sp³-hybridized carbons (Fsp3) is 0.375. The second kappa shape index (κ2) is 7.80. The number of hydrogen-bond acceptors (Lipinski definition) is 5. The molecule has 0 saturated heterocycles. The Kier molecular flexibility index (Phi) is 5.10. The Balaban J connectivity index is 1.43. The molecule has 3 aromatic rings. The zero-order valence-corrected chi connectivity index (χ0v) is 18.4. The van der Waals surface area contributed by atoms with Gasteiger partial charge in [-0.25, -0.2) is 18.1 Å². The molecule has 2 heterocycles. The third kappa shape index (κ3) is 4.00. The van der Waals surface area contributed by atoms with Crippen LogP contribution < -0.4 is 4.72 Å². The van der Waals surface area contributed by atoms with Gasteiger partial charge in [0.05, 0.1) is 28.7 Å². The van der Waals surface area contributed by atoms with E-state index in [2.05, 4.69) is 14.7 Å². The predicted molar refractivity (Wildman–Crippen MR) is 120 cm³/mol. The summed E-state index contributed by atoms with van der Waals surface area (Å²) in [5, 5.41) is 0. The summed E-state index contributed by atoms with van der Waals surface area (Å²) < 4.78 is 29.2. The van der Waals surface area contributed by atoms with Crippen LogP contribution in [-0.2, 0) is 10.0 Å². The molecule has 0 radical (unpaired) electrons. The Morgan fingerprint density at radius 1 is 1.00 bits per heavy atom. The number of nitrogens with zero attached hydrogens (tertiary/aromatic N) is 3. The third-order valence-electron chi connectivity index (χ3n) is 6.72. The van der Waals surface area contributed by atoms with Gasteiger partial charge in [0, 0.05) is 29.6 Å². The van der Waals surface area contributed by atoms with Crippen molar-refractivity contribution >= 4 is 10.0 Å². The first-order valence-corrected chi connectivity index (χ1v) is 12.3. The largest absolute Gasteiger partial charge is 0.264 e. The van der Waals surface area contributed by atoms with Crippen LogP contribution in [0.3, 0.4) is 0 Å². The second-order valence-corrected chi connectivity index (χ2v) is 10.5. The van der Waals surface area contributed by atoms with E-state index in [9.17, 15) is 8.42 Å². The van der Waals surface area contributed by atoms with Gasteiger partial charge in [0.1, 0.15) is 0 Å². The smallest absolute Gasteiger partial charge is 0.240 e. The van der Waals surface area contributed by atoms with Crippen molar-refractivity contribution in [1.82, 2.24) is 19.7 Å². The van der Waals surface area contributed by atoms with E-state index >= 15 is 0 Å². The number of aromatic nitrogens is 3. The van der Waals surface area contributed by atoms with Gasteiger partial charge in [0.2, 0.25) is 10.0 Å². The SMILES string of the molecule is Cc1ccc(S(=O)(=O)NC2CC23CCCCC3)cc1-c1cncc(-c2cccnc2)n1. The van der Waals surface area contributed by atoms with Gasteiger partial charge in [0.15, 0.2) is 0 Å². The molecule has 5 rings (SSSR count). The van der Waals surface area contributed by atoms with Crippen molar-refractivity contribution in [2.75, 3.05) is 0 Å². The highest BCUT2D eigenvalue weighted by Gasteiger charge is 2.55. The average molecular weight is 435 g/mol. The average Bonchev–Trinajstić information content (AvgIpc) is 3.44. The van der Waals surface area contributed by atoms with Crippen molar-refractivity contribution in [2.24, 2.45) is 5.41 Å². The van der Waals surface area contributed by atoms with Crippen LogP contribution in [0.1, 0.15) is 44.1 Å². The minimum atomic E-state index is -3.59. The van der Waals surface area contributed by atoms with E-state index in [4.69, 9.17) is 4.98 Å². The van der Waals surface area contributed by atoms with Gasteiger partial charge in [-0.2, -0.15) is 0 Å². The number of pyridine rings is 1. The minimum absolute atomic E-state index is 0.0660. The number of rotatable bonds is 5. The highest BCUT2D eigenvalue weighted by atomic mass is 32.2. The standard InChI is InChI=1S/C24H26N4O2S/c1-17-7-8-19(31(29,30)28-23-13-24(23)9-3-2-4-10-24)12-20(17)22-16-26-15-21(27-22)18-6-5-11-25-14-18/h5-8,11-12,14-16,23,28H,2-4,9-10,13H2,1H3. The molecule has 1 unspecified atom stereocenters. The van der Waals surface area contributed by atoms with E-state index in [1.807, 2.05) is 25.1 Å². The lowest BCUT2D eigenvalue weighted by Gasteiger charge is -2.22. The van der Waals surface area contributed by atoms with Crippen LogP contribution in [0.2, 0.25) is 0 Å². The molecule has 1 atom stereocenters. The van der Waals surface area contributed by atoms with E-state index in [0.717, 1.165) is 36.0 Å². The number of hydrogen-bond donors (Lipinski definition) is 1. The molecule has 160 valence electrons. The molecule has 0 amide bonds. The van der Waals surface area contributed by atoms with Crippen LogP contribution in [-0.4, -0.2) is 29.4 Å². The van der Waals surface area contributed by atoms with Crippen LogP contribution in [0.15, 0.2) is 60.0 Å². The molecule has 6 nitrogen and oxygen atoms in total. The summed E-state index contributed by atoms with van der Waals surface area (Å²) in [6.45, 7) is 1.95. The van der Waals surface area contributed by atoms with Crippen molar-refractivity contribution < 1.29 is 8.42 Å². The molecule has 2 saturated carbocycles. The normalized spacial score (nSPS) is 20.0. The lowest BCUT2D eigenvalue weighted by atomic mass is 9.86. The molecule has 1 N–H and O–H groups in total. The van der Waals surface area contributed by atoms with Crippen molar-refractivity contribution in [3.63, 3.8) is 0 Å². The lowest BCUT2D eigenvalue weighted by Crippen LogP contribution is -2.30. The quantitative estimate of drug-likeness (QED) is 0.638. The van der Waals surface area contributed by atoms with Crippen molar-refractivity contribution in [1.29, 1.82) is 0 Å². The highest BCUT2D eigenvalue weighted by molar-refractivity contribution is 7.89. The Morgan fingerprint density at radius 3 is 2.58 bits per heavy atom. The molecule has 2 aliphatic carbocycles. The summed E-state index contributed by atoms with van der Waals surface area (Å²) in [4.78, 5) is 13.5. The predicted octanol–water partition coefficient (Wildman–Crippen LogP) is 4.52. The van der Waals surface area contributed by atoms with E-state index in [0.29, 0.717) is 11.4 Å². The zero-order chi connectivity index (χ0) is 21.5. The van der Waals surface area contributed by atoms with Crippen LogP contribution in [0.4, 0.5) is 0 Å². The summed E-state index contributed by atoms with van der Waals surface area (Å²) in [6, 6.07) is 9.07. The first kappa shape index (κ1) is 20.3. The number of sulfonamides is 1. The van der Waals surface area contributed by atoms with E-state index in [1.54, 1.807) is 36.9 Å². The maximum absolute atomic E-state index is 13.1. The summed E-state index contributed by atoms with van der Waals surface area (Å²) >= 11 is 0. The summed E-state index contributed by atoms with van der Waals surface area (Å²) in [6.07, 6.45) is 13.7. The number of benzene rings is 1. The van der Waals surface area contributed by atoms with Crippen LogP contribution in [0.5, 0.6) is 0 Å². The van der Waals surface area contributed by atoms with Crippen molar-refractivity contribution in [3.05, 3.63) is 60.7 Å². The lowest BCUT2D eigenvalue weighted by molar-refractivity contribution is 0.321. The fourth-order valence-electron chi connectivity index (χ4n) is 4.77. The molecule has 2 aromatic heterocycles. The van der Waals surface area contributed by atoms with Crippen LogP contribution >= 0.6 is 0 Å².